The summed E-state index contributed by atoms with van der Waals surface area (Å²) in [5.41, 5.74) is 0.250. The number of sulfonamides is 1. The molecule has 0 aliphatic heterocycles. The largest absolute Gasteiger partial charge is 0.372 e. The molecule has 1 heterocycles. The molecule has 0 fully saturated rings. The van der Waals surface area contributed by atoms with E-state index >= 15 is 0 Å². The standard InChI is InChI=1S/C12H11ClFN3O2S/c1-15-12-11(13)6-10(7-16-12)20(18,19)17-9-4-2-8(14)3-5-9/h2-7,17H,1H3,(H,15,16). The lowest BCUT2D eigenvalue weighted by molar-refractivity contribution is 0.600. The Labute approximate surface area is 120 Å². The Balaban J connectivity index is 2.30. The molecule has 106 valence electrons. The summed E-state index contributed by atoms with van der Waals surface area (Å²) < 4.78 is 39.3. The second-order valence-corrected chi connectivity index (χ2v) is 5.95. The molecule has 2 N–H and O–H groups in total. The topological polar surface area (TPSA) is 71.1 Å². The zero-order chi connectivity index (χ0) is 14.8. The van der Waals surface area contributed by atoms with Gasteiger partial charge in [-0.05, 0) is 30.3 Å². The van der Waals surface area contributed by atoms with E-state index in [1.807, 2.05) is 0 Å². The number of halogens is 2. The van der Waals surface area contributed by atoms with Crippen LogP contribution in [0.5, 0.6) is 0 Å². The Morgan fingerprint density at radius 3 is 2.45 bits per heavy atom. The minimum absolute atomic E-state index is 0.0779. The van der Waals surface area contributed by atoms with E-state index in [1.54, 1.807) is 7.05 Å². The summed E-state index contributed by atoms with van der Waals surface area (Å²) in [6.07, 6.45) is 1.18. The molecule has 0 unspecified atom stereocenters. The average molecular weight is 316 g/mol. The van der Waals surface area contributed by atoms with Crippen molar-refractivity contribution < 1.29 is 12.8 Å². The first-order valence-electron chi connectivity index (χ1n) is 5.54. The second-order valence-electron chi connectivity index (χ2n) is 3.86. The molecule has 0 saturated heterocycles. The van der Waals surface area contributed by atoms with Crippen LogP contribution in [0.4, 0.5) is 15.9 Å². The summed E-state index contributed by atoms with van der Waals surface area (Å²) in [5, 5.41) is 2.92. The SMILES string of the molecule is CNc1ncc(S(=O)(=O)Nc2ccc(F)cc2)cc1Cl. The third-order valence-electron chi connectivity index (χ3n) is 2.46. The average Bonchev–Trinajstić information content (AvgIpc) is 2.41. The van der Waals surface area contributed by atoms with Crippen LogP contribution >= 0.6 is 11.6 Å². The fourth-order valence-corrected chi connectivity index (χ4v) is 2.84. The maximum atomic E-state index is 12.8. The molecule has 8 heteroatoms. The van der Waals surface area contributed by atoms with Gasteiger partial charge in [0.05, 0.1) is 5.02 Å². The van der Waals surface area contributed by atoms with Gasteiger partial charge in [0.2, 0.25) is 0 Å². The lowest BCUT2D eigenvalue weighted by Gasteiger charge is -2.09. The van der Waals surface area contributed by atoms with E-state index in [0.29, 0.717) is 5.82 Å². The number of pyridine rings is 1. The zero-order valence-electron chi connectivity index (χ0n) is 10.4. The number of hydrogen-bond donors (Lipinski definition) is 2. The van der Waals surface area contributed by atoms with Crippen molar-refractivity contribution in [3.63, 3.8) is 0 Å². The fraction of sp³-hybridized carbons (Fsp3) is 0.0833. The van der Waals surface area contributed by atoms with Gasteiger partial charge in [-0.25, -0.2) is 17.8 Å². The number of anilines is 2. The summed E-state index contributed by atoms with van der Waals surface area (Å²) in [6, 6.07) is 6.25. The monoisotopic (exact) mass is 315 g/mol. The normalized spacial score (nSPS) is 11.2. The highest BCUT2D eigenvalue weighted by Gasteiger charge is 2.16. The Bertz CT molecular complexity index is 720. The molecular weight excluding hydrogens is 305 g/mol. The van der Waals surface area contributed by atoms with Crippen molar-refractivity contribution in [2.45, 2.75) is 4.90 Å². The molecular formula is C12H11ClFN3O2S. The van der Waals surface area contributed by atoms with Crippen molar-refractivity contribution in [2.24, 2.45) is 0 Å². The van der Waals surface area contributed by atoms with Crippen molar-refractivity contribution >= 4 is 33.1 Å². The lowest BCUT2D eigenvalue weighted by atomic mass is 10.3. The van der Waals surface area contributed by atoms with E-state index in [9.17, 15) is 12.8 Å². The molecule has 0 aliphatic carbocycles. The molecule has 20 heavy (non-hydrogen) atoms. The minimum atomic E-state index is -3.82. The Morgan fingerprint density at radius 1 is 1.25 bits per heavy atom. The second kappa shape index (κ2) is 5.64. The molecule has 0 aliphatic rings. The van der Waals surface area contributed by atoms with E-state index in [0.717, 1.165) is 12.1 Å². The summed E-state index contributed by atoms with van der Waals surface area (Å²) in [4.78, 5) is 3.82. The van der Waals surface area contributed by atoms with Gasteiger partial charge in [0.25, 0.3) is 10.0 Å². The van der Waals surface area contributed by atoms with Gasteiger partial charge in [0, 0.05) is 18.9 Å². The highest BCUT2D eigenvalue weighted by Crippen LogP contribution is 2.23. The summed E-state index contributed by atoms with van der Waals surface area (Å²) in [5.74, 6) is -0.0663. The van der Waals surface area contributed by atoms with Crippen LogP contribution in [0.1, 0.15) is 0 Å². The molecule has 0 atom stereocenters. The number of benzene rings is 1. The van der Waals surface area contributed by atoms with E-state index in [1.165, 1.54) is 24.4 Å². The molecule has 5 nitrogen and oxygen atoms in total. The Kier molecular flexibility index (Phi) is 4.10. The highest BCUT2D eigenvalue weighted by molar-refractivity contribution is 7.92. The molecule has 2 rings (SSSR count). The van der Waals surface area contributed by atoms with E-state index in [4.69, 9.17) is 11.6 Å². The molecule has 0 bridgehead atoms. The van der Waals surface area contributed by atoms with Crippen LogP contribution in [0.25, 0.3) is 0 Å². The Hall–Kier alpha value is -1.86. The third-order valence-corrected chi connectivity index (χ3v) is 4.10. The van der Waals surface area contributed by atoms with Gasteiger partial charge in [-0.3, -0.25) is 4.72 Å². The molecule has 2 aromatic rings. The van der Waals surface area contributed by atoms with Crippen molar-refractivity contribution in [3.05, 3.63) is 47.4 Å². The highest BCUT2D eigenvalue weighted by atomic mass is 35.5. The molecule has 0 spiro atoms. The van der Waals surface area contributed by atoms with Gasteiger partial charge in [-0.15, -0.1) is 0 Å². The number of nitrogens with one attached hydrogen (secondary N) is 2. The van der Waals surface area contributed by atoms with Crippen LogP contribution in [-0.4, -0.2) is 20.4 Å². The van der Waals surface area contributed by atoms with Gasteiger partial charge in [-0.2, -0.15) is 0 Å². The Morgan fingerprint density at radius 2 is 1.90 bits per heavy atom. The molecule has 1 aromatic heterocycles. The molecule has 0 radical (unpaired) electrons. The van der Waals surface area contributed by atoms with Crippen LogP contribution < -0.4 is 10.0 Å². The van der Waals surface area contributed by atoms with Gasteiger partial charge >= 0.3 is 0 Å². The van der Waals surface area contributed by atoms with Crippen LogP contribution in [0.2, 0.25) is 5.02 Å². The van der Waals surface area contributed by atoms with Gasteiger partial charge in [0.15, 0.2) is 0 Å². The van der Waals surface area contributed by atoms with Gasteiger partial charge in [0.1, 0.15) is 16.5 Å². The van der Waals surface area contributed by atoms with E-state index < -0.39 is 15.8 Å². The summed E-state index contributed by atoms with van der Waals surface area (Å²) in [7, 11) is -2.20. The van der Waals surface area contributed by atoms with Crippen LogP contribution in [-0.2, 0) is 10.0 Å². The van der Waals surface area contributed by atoms with E-state index in [-0.39, 0.29) is 15.6 Å². The van der Waals surface area contributed by atoms with Crippen molar-refractivity contribution in [2.75, 3.05) is 17.1 Å². The van der Waals surface area contributed by atoms with Gasteiger partial charge < -0.3 is 5.32 Å². The third kappa shape index (κ3) is 3.17. The van der Waals surface area contributed by atoms with Gasteiger partial charge in [-0.1, -0.05) is 11.6 Å². The molecule has 0 saturated carbocycles. The summed E-state index contributed by atoms with van der Waals surface area (Å²) >= 11 is 5.89. The first-order valence-corrected chi connectivity index (χ1v) is 7.40. The predicted molar refractivity (Wildman–Crippen MR) is 76.0 cm³/mol. The van der Waals surface area contributed by atoms with Crippen molar-refractivity contribution in [1.29, 1.82) is 0 Å². The van der Waals surface area contributed by atoms with Crippen LogP contribution in [0, 0.1) is 5.82 Å². The molecule has 0 amide bonds. The van der Waals surface area contributed by atoms with Crippen LogP contribution in [0.3, 0.4) is 0 Å². The minimum Gasteiger partial charge on any atom is -0.372 e. The summed E-state index contributed by atoms with van der Waals surface area (Å²) in [6.45, 7) is 0. The van der Waals surface area contributed by atoms with Crippen molar-refractivity contribution in [1.82, 2.24) is 4.98 Å². The first kappa shape index (κ1) is 14.5. The van der Waals surface area contributed by atoms with Crippen LogP contribution in [0.15, 0.2) is 41.4 Å². The zero-order valence-corrected chi connectivity index (χ0v) is 12.0. The fourth-order valence-electron chi connectivity index (χ4n) is 1.48. The quantitative estimate of drug-likeness (QED) is 0.910. The maximum absolute atomic E-state index is 12.8. The maximum Gasteiger partial charge on any atom is 0.263 e. The number of aromatic nitrogens is 1. The number of hydrogen-bond acceptors (Lipinski definition) is 4. The van der Waals surface area contributed by atoms with E-state index in [2.05, 4.69) is 15.0 Å². The number of rotatable bonds is 4. The predicted octanol–water partition coefficient (Wildman–Crippen LogP) is 2.72. The lowest BCUT2D eigenvalue weighted by Crippen LogP contribution is -2.13. The van der Waals surface area contributed by atoms with Crippen molar-refractivity contribution in [3.8, 4) is 0 Å². The molecule has 1 aromatic carbocycles. The first-order chi connectivity index (χ1) is 9.42. The number of nitrogens with zero attached hydrogens (tertiary/aromatic N) is 1. The smallest absolute Gasteiger partial charge is 0.263 e.